The van der Waals surface area contributed by atoms with Gasteiger partial charge in [0.05, 0.1) is 0 Å². The lowest BCUT2D eigenvalue weighted by Gasteiger charge is -2.37. The van der Waals surface area contributed by atoms with Crippen LogP contribution in [0.15, 0.2) is 0 Å². The predicted molar refractivity (Wildman–Crippen MR) is 73.2 cm³/mol. The predicted octanol–water partition coefficient (Wildman–Crippen LogP) is -1.19. The van der Waals surface area contributed by atoms with Crippen LogP contribution in [0.1, 0.15) is 0 Å². The summed E-state index contributed by atoms with van der Waals surface area (Å²) in [6, 6.07) is 0. The van der Waals surface area contributed by atoms with Gasteiger partial charge in [-0.05, 0) is 0 Å². The molecule has 0 aromatic rings. The number of rotatable bonds is 8. The summed E-state index contributed by atoms with van der Waals surface area (Å²) in [4.78, 5) is 71.8. The molecule has 22 heavy (non-hydrogen) atoms. The van der Waals surface area contributed by atoms with Gasteiger partial charge in [-0.2, -0.15) is 0 Å². The summed E-state index contributed by atoms with van der Waals surface area (Å²) in [7, 11) is -23.0. The molecule has 0 bridgehead atoms. The van der Waals surface area contributed by atoms with E-state index in [1.165, 1.54) is 0 Å². The molecule has 0 amide bonds. The third kappa shape index (κ3) is 6.39. The van der Waals surface area contributed by atoms with Crippen LogP contribution in [-0.2, 0) is 18.3 Å². The second-order valence-corrected chi connectivity index (χ2v) is 11.8. The summed E-state index contributed by atoms with van der Waals surface area (Å²) in [5.41, 5.74) is -6.35. The first-order valence-corrected chi connectivity index (χ1v) is 12.2. The Labute approximate surface area is 128 Å². The Kier molecular flexibility index (Phi) is 7.68. The Hall–Kier alpha value is 0.850. The van der Waals surface area contributed by atoms with Crippen LogP contribution in [0.3, 0.4) is 0 Å². The van der Waals surface area contributed by atoms with Gasteiger partial charge in [0.1, 0.15) is 0 Å². The zero-order valence-corrected chi connectivity index (χ0v) is 14.7. The van der Waals surface area contributed by atoms with E-state index in [2.05, 4.69) is 0 Å². The topological polar surface area (TPSA) is 233 Å². The summed E-state index contributed by atoms with van der Waals surface area (Å²) in [6.45, 7) is -1.02. The lowest BCUT2D eigenvalue weighted by molar-refractivity contribution is 0.208. The van der Waals surface area contributed by atoms with Gasteiger partial charge in [0.25, 0.3) is 0 Å². The van der Waals surface area contributed by atoms with Crippen LogP contribution in [0.25, 0.3) is 0 Å². The van der Waals surface area contributed by atoms with E-state index in [9.17, 15) is 18.3 Å². The molecule has 0 fully saturated rings. The summed E-state index contributed by atoms with van der Waals surface area (Å²) < 4.78 is 45.1. The van der Waals surface area contributed by atoms with Gasteiger partial charge < -0.3 is 39.1 Å². The van der Waals surface area contributed by atoms with Crippen molar-refractivity contribution in [3.63, 3.8) is 0 Å². The quantitative estimate of drug-likeness (QED) is 0.168. The molecule has 0 aliphatic heterocycles. The van der Waals surface area contributed by atoms with Crippen LogP contribution in [-0.4, -0.2) is 67.5 Å². The fourth-order valence-electron chi connectivity index (χ4n) is 1.61. The van der Waals surface area contributed by atoms with Crippen molar-refractivity contribution in [1.82, 2.24) is 4.90 Å². The van der Waals surface area contributed by atoms with Crippen LogP contribution in [0.5, 0.6) is 0 Å². The minimum absolute atomic E-state index is 0.337. The molecule has 0 radical (unpaired) electrons. The molecule has 0 saturated carbocycles. The normalized spacial score (nSPS) is 15.1. The maximum Gasteiger partial charge on any atom is 0.355 e. The summed E-state index contributed by atoms with van der Waals surface area (Å²) in [5.74, 6) is -0.688. The van der Waals surface area contributed by atoms with Crippen molar-refractivity contribution in [3.05, 3.63) is 0 Å². The van der Waals surface area contributed by atoms with Gasteiger partial charge in [-0.15, -0.1) is 11.6 Å². The highest BCUT2D eigenvalue weighted by atomic mass is 35.5. The first-order chi connectivity index (χ1) is 9.44. The highest BCUT2D eigenvalue weighted by molar-refractivity contribution is 7.72. The number of nitrogens with zero attached hydrogens (tertiary/aromatic N) is 1. The van der Waals surface area contributed by atoms with Crippen LogP contribution >= 0.6 is 42.0 Å². The van der Waals surface area contributed by atoms with E-state index in [4.69, 9.17) is 50.7 Å². The van der Waals surface area contributed by atoms with E-state index in [1.807, 2.05) is 0 Å². The molecule has 134 valence electrons. The van der Waals surface area contributed by atoms with Crippen LogP contribution in [0.2, 0.25) is 0 Å². The first kappa shape index (κ1) is 22.9. The third-order valence-electron chi connectivity index (χ3n) is 2.14. The third-order valence-corrected chi connectivity index (χ3v) is 9.51. The SMILES string of the molecule is O=P(O)(O)C(N(CCCl)C(P(=O)(O)O)P(=O)(O)O)P(=O)(O)O. The molecule has 18 heteroatoms. The van der Waals surface area contributed by atoms with E-state index in [0.29, 0.717) is 0 Å². The first-order valence-electron chi connectivity index (χ1n) is 4.96. The van der Waals surface area contributed by atoms with Gasteiger partial charge >= 0.3 is 30.4 Å². The Morgan fingerprint density at radius 2 is 0.909 bits per heavy atom. The van der Waals surface area contributed by atoms with Crippen molar-refractivity contribution < 1.29 is 57.4 Å². The summed E-state index contributed by atoms with van der Waals surface area (Å²) >= 11 is 5.23. The minimum atomic E-state index is -5.76. The standard InChI is InChI=1S/C4H14ClNO12P4/c5-1-2-6(3(19(7,8)9)20(10,11)12)4(21(13,14)15)22(16,17)18/h3-4H,1-2H2,(H2,7,8,9)(H2,10,11,12)(H2,13,14,15)(H2,16,17,18). The highest BCUT2D eigenvalue weighted by Crippen LogP contribution is 2.68. The summed E-state index contributed by atoms with van der Waals surface area (Å²) in [5, 5.41) is 0. The molecular weight excluding hydrogens is 413 g/mol. The average Bonchev–Trinajstić information content (AvgIpc) is 2.06. The molecule has 0 aliphatic rings. The number of hydrogen-bond donors (Lipinski definition) is 8. The maximum absolute atomic E-state index is 11.3. The van der Waals surface area contributed by atoms with Gasteiger partial charge in [0.2, 0.25) is 11.0 Å². The van der Waals surface area contributed by atoms with Crippen molar-refractivity contribution in [1.29, 1.82) is 0 Å². The highest BCUT2D eigenvalue weighted by Gasteiger charge is 2.58. The van der Waals surface area contributed by atoms with Gasteiger partial charge in [-0.1, -0.05) is 0 Å². The van der Waals surface area contributed by atoms with Crippen molar-refractivity contribution in [2.24, 2.45) is 0 Å². The molecule has 0 atom stereocenters. The fourth-order valence-corrected chi connectivity index (χ4v) is 7.90. The van der Waals surface area contributed by atoms with Gasteiger partial charge in [-0.25, -0.2) is 0 Å². The zero-order valence-electron chi connectivity index (χ0n) is 10.4. The molecule has 0 aromatic carbocycles. The molecule has 0 unspecified atom stereocenters. The molecule has 0 rings (SSSR count). The summed E-state index contributed by atoms with van der Waals surface area (Å²) in [6.07, 6.45) is 0. The van der Waals surface area contributed by atoms with Crippen molar-refractivity contribution >= 4 is 42.0 Å². The van der Waals surface area contributed by atoms with Gasteiger partial charge in [0, 0.05) is 12.4 Å². The molecule has 8 N–H and O–H groups in total. The molecule has 0 aromatic heterocycles. The van der Waals surface area contributed by atoms with Crippen LogP contribution in [0.4, 0.5) is 0 Å². The van der Waals surface area contributed by atoms with E-state index in [1.54, 1.807) is 0 Å². The molecule has 0 saturated heterocycles. The molecule has 0 heterocycles. The smallest absolute Gasteiger partial charge is 0.323 e. The van der Waals surface area contributed by atoms with Crippen molar-refractivity contribution in [3.8, 4) is 0 Å². The fraction of sp³-hybridized carbons (Fsp3) is 1.00. The van der Waals surface area contributed by atoms with E-state index < -0.39 is 53.9 Å². The second kappa shape index (κ2) is 7.39. The Morgan fingerprint density at radius 1 is 0.682 bits per heavy atom. The minimum Gasteiger partial charge on any atom is -0.323 e. The van der Waals surface area contributed by atoms with Crippen LogP contribution in [0, 0.1) is 0 Å². The Morgan fingerprint density at radius 3 is 1.05 bits per heavy atom. The Balaban J connectivity index is 6.39. The monoisotopic (exact) mass is 427 g/mol. The number of alkyl halides is 1. The van der Waals surface area contributed by atoms with Gasteiger partial charge in [-0.3, -0.25) is 23.2 Å². The van der Waals surface area contributed by atoms with Crippen LogP contribution < -0.4 is 0 Å². The van der Waals surface area contributed by atoms with E-state index in [0.717, 1.165) is 0 Å². The number of halogens is 1. The van der Waals surface area contributed by atoms with Gasteiger partial charge in [0.15, 0.2) is 0 Å². The molecule has 0 spiro atoms. The lowest BCUT2D eigenvalue weighted by atomic mass is 10.7. The average molecular weight is 428 g/mol. The second-order valence-electron chi connectivity index (χ2n) is 3.98. The van der Waals surface area contributed by atoms with Crippen molar-refractivity contribution in [2.75, 3.05) is 12.4 Å². The van der Waals surface area contributed by atoms with Crippen molar-refractivity contribution in [2.45, 2.75) is 11.0 Å². The Bertz CT molecular complexity index is 478. The molecular formula is C4H14ClNO12P4. The maximum atomic E-state index is 11.3. The lowest BCUT2D eigenvalue weighted by Crippen LogP contribution is -2.44. The van der Waals surface area contributed by atoms with E-state index >= 15 is 0 Å². The molecule has 0 aliphatic carbocycles. The zero-order chi connectivity index (χ0) is 18.1. The van der Waals surface area contributed by atoms with E-state index in [-0.39, 0.29) is 4.90 Å². The largest absolute Gasteiger partial charge is 0.355 e. The molecule has 13 nitrogen and oxygen atoms in total. The number of hydrogen-bond acceptors (Lipinski definition) is 5.